The van der Waals surface area contributed by atoms with Crippen molar-refractivity contribution in [2.75, 3.05) is 6.61 Å². The second-order valence-electron chi connectivity index (χ2n) is 8.12. The maximum Gasteiger partial charge on any atom is 0.339 e. The summed E-state index contributed by atoms with van der Waals surface area (Å²) >= 11 is 0. The Labute approximate surface area is 186 Å². The summed E-state index contributed by atoms with van der Waals surface area (Å²) < 4.78 is 10.9. The number of benzene rings is 5. The van der Waals surface area contributed by atoms with Crippen molar-refractivity contribution >= 4 is 55.0 Å². The van der Waals surface area contributed by atoms with Crippen molar-refractivity contribution in [2.24, 2.45) is 0 Å². The zero-order chi connectivity index (χ0) is 22.4. The molecular formula is C28H24O4. The largest absolute Gasteiger partial charge is 0.462 e. The van der Waals surface area contributed by atoms with Gasteiger partial charge in [-0.1, -0.05) is 55.5 Å². The molecule has 5 aromatic carbocycles. The van der Waals surface area contributed by atoms with Crippen molar-refractivity contribution in [3.05, 3.63) is 71.8 Å². The predicted molar refractivity (Wildman–Crippen MR) is 129 cm³/mol. The van der Waals surface area contributed by atoms with Gasteiger partial charge in [-0.05, 0) is 75.5 Å². The highest BCUT2D eigenvalue weighted by atomic mass is 16.5. The number of carbonyl (C=O) groups is 2. The average Bonchev–Trinajstić information content (AvgIpc) is 2.81. The molecule has 0 saturated carbocycles. The summed E-state index contributed by atoms with van der Waals surface area (Å²) in [6, 6.07) is 19.7. The Morgan fingerprint density at radius 3 is 1.66 bits per heavy atom. The summed E-state index contributed by atoms with van der Waals surface area (Å²) in [4.78, 5) is 25.5. The highest BCUT2D eigenvalue weighted by molar-refractivity contribution is 6.35. The minimum Gasteiger partial charge on any atom is -0.462 e. The molecule has 4 heteroatoms. The number of esters is 2. The Hall–Kier alpha value is -3.66. The molecule has 0 heterocycles. The molecule has 0 amide bonds. The van der Waals surface area contributed by atoms with Gasteiger partial charge in [0.1, 0.15) is 0 Å². The minimum atomic E-state index is -0.316. The molecule has 0 spiro atoms. The number of ether oxygens (including phenoxy) is 2. The van der Waals surface area contributed by atoms with Gasteiger partial charge in [0.25, 0.3) is 0 Å². The van der Waals surface area contributed by atoms with Crippen molar-refractivity contribution in [3.63, 3.8) is 0 Å². The van der Waals surface area contributed by atoms with Crippen LogP contribution in [0, 0.1) is 0 Å². The Bertz CT molecular complexity index is 1480. The molecule has 0 radical (unpaired) electrons. The van der Waals surface area contributed by atoms with Crippen molar-refractivity contribution in [2.45, 2.75) is 33.3 Å². The Morgan fingerprint density at radius 1 is 0.688 bits per heavy atom. The SMILES string of the molecule is CCOC(=O)c1ccc2c3cccc4c(C(=O)OC(C)CC)ccc(c5cccc1c25)c43. The van der Waals surface area contributed by atoms with Crippen LogP contribution >= 0.6 is 0 Å². The molecule has 0 N–H and O–H groups in total. The molecule has 0 aliphatic carbocycles. The van der Waals surface area contributed by atoms with Crippen LogP contribution in [0.2, 0.25) is 0 Å². The van der Waals surface area contributed by atoms with E-state index in [0.29, 0.717) is 17.7 Å². The zero-order valence-electron chi connectivity index (χ0n) is 18.4. The first-order chi connectivity index (χ1) is 15.5. The number of fused-ring (bicyclic) bond motifs is 2. The molecule has 0 bridgehead atoms. The van der Waals surface area contributed by atoms with E-state index < -0.39 is 0 Å². The van der Waals surface area contributed by atoms with Gasteiger partial charge in [-0.25, -0.2) is 9.59 Å². The standard InChI is InChI=1S/C28H24O4/c1-4-16(3)32-28(30)24-15-13-22-17-8-6-10-19-23(27(29)31-5-2)14-12-21(25(17)19)18-9-7-11-20(24)26(18)22/h6-16H,4-5H2,1-3H3. The molecule has 5 aromatic rings. The van der Waals surface area contributed by atoms with Crippen LogP contribution in [-0.2, 0) is 9.47 Å². The van der Waals surface area contributed by atoms with Gasteiger partial charge in [-0.2, -0.15) is 0 Å². The topological polar surface area (TPSA) is 52.6 Å². The first kappa shape index (κ1) is 20.3. The summed E-state index contributed by atoms with van der Waals surface area (Å²) in [5, 5.41) is 8.03. The highest BCUT2D eigenvalue weighted by Gasteiger charge is 2.21. The lowest BCUT2D eigenvalue weighted by atomic mass is 9.87. The molecule has 0 fully saturated rings. The first-order valence-electron chi connectivity index (χ1n) is 11.1. The molecule has 0 aliphatic heterocycles. The van der Waals surface area contributed by atoms with Crippen LogP contribution in [-0.4, -0.2) is 24.6 Å². The first-order valence-corrected chi connectivity index (χ1v) is 11.1. The number of hydrogen-bond donors (Lipinski definition) is 0. The van der Waals surface area contributed by atoms with Gasteiger partial charge >= 0.3 is 11.9 Å². The third-order valence-corrected chi connectivity index (χ3v) is 6.26. The van der Waals surface area contributed by atoms with Crippen LogP contribution in [0.3, 0.4) is 0 Å². The molecule has 32 heavy (non-hydrogen) atoms. The Morgan fingerprint density at radius 2 is 1.16 bits per heavy atom. The Kier molecular flexibility index (Phi) is 4.93. The van der Waals surface area contributed by atoms with E-state index in [-0.39, 0.29) is 18.0 Å². The van der Waals surface area contributed by atoms with Gasteiger partial charge in [0, 0.05) is 0 Å². The molecule has 1 atom stereocenters. The maximum atomic E-state index is 12.9. The molecule has 0 aromatic heterocycles. The third-order valence-electron chi connectivity index (χ3n) is 6.26. The van der Waals surface area contributed by atoms with Crippen LogP contribution in [0.1, 0.15) is 47.9 Å². The number of carbonyl (C=O) groups excluding carboxylic acids is 2. The van der Waals surface area contributed by atoms with E-state index in [2.05, 4.69) is 12.1 Å². The van der Waals surface area contributed by atoms with Gasteiger partial charge in [0.05, 0.1) is 23.8 Å². The fourth-order valence-corrected chi connectivity index (χ4v) is 4.61. The van der Waals surface area contributed by atoms with Crippen molar-refractivity contribution in [1.82, 2.24) is 0 Å². The van der Waals surface area contributed by atoms with E-state index in [1.54, 1.807) is 0 Å². The van der Waals surface area contributed by atoms with Crippen molar-refractivity contribution < 1.29 is 19.1 Å². The lowest BCUT2D eigenvalue weighted by molar-refractivity contribution is 0.0336. The minimum absolute atomic E-state index is 0.135. The van der Waals surface area contributed by atoms with Gasteiger partial charge in [0.15, 0.2) is 0 Å². The molecule has 0 aliphatic rings. The van der Waals surface area contributed by atoms with Crippen molar-refractivity contribution in [3.8, 4) is 0 Å². The van der Waals surface area contributed by atoms with Crippen molar-refractivity contribution in [1.29, 1.82) is 0 Å². The highest BCUT2D eigenvalue weighted by Crippen LogP contribution is 2.42. The molecular weight excluding hydrogens is 400 g/mol. The van der Waals surface area contributed by atoms with Crippen LogP contribution in [0.15, 0.2) is 60.7 Å². The summed E-state index contributed by atoms with van der Waals surface area (Å²) in [6.45, 7) is 6.04. The molecule has 160 valence electrons. The fraction of sp³-hybridized carbons (Fsp3) is 0.214. The quantitative estimate of drug-likeness (QED) is 0.175. The zero-order valence-corrected chi connectivity index (χ0v) is 18.4. The van der Waals surface area contributed by atoms with Crippen LogP contribution in [0.4, 0.5) is 0 Å². The lowest BCUT2D eigenvalue weighted by Crippen LogP contribution is -2.14. The second-order valence-corrected chi connectivity index (χ2v) is 8.12. The summed E-state index contributed by atoms with van der Waals surface area (Å²) in [5.74, 6) is -0.618. The maximum absolute atomic E-state index is 12.9. The van der Waals surface area contributed by atoms with E-state index in [9.17, 15) is 9.59 Å². The van der Waals surface area contributed by atoms with Crippen LogP contribution in [0.5, 0.6) is 0 Å². The predicted octanol–water partition coefficient (Wildman–Crippen LogP) is 6.87. The van der Waals surface area contributed by atoms with Crippen LogP contribution < -0.4 is 0 Å². The van der Waals surface area contributed by atoms with E-state index in [1.807, 2.05) is 69.3 Å². The Balaban J connectivity index is 1.86. The van der Waals surface area contributed by atoms with E-state index in [0.717, 1.165) is 49.5 Å². The van der Waals surface area contributed by atoms with E-state index >= 15 is 0 Å². The second kappa shape index (κ2) is 7.79. The number of hydrogen-bond acceptors (Lipinski definition) is 4. The molecule has 0 saturated heterocycles. The summed E-state index contributed by atoms with van der Waals surface area (Å²) in [7, 11) is 0. The van der Waals surface area contributed by atoms with Gasteiger partial charge in [-0.15, -0.1) is 0 Å². The summed E-state index contributed by atoms with van der Waals surface area (Å²) in [5.41, 5.74) is 1.14. The monoisotopic (exact) mass is 424 g/mol. The fourth-order valence-electron chi connectivity index (χ4n) is 4.61. The number of rotatable bonds is 5. The van der Waals surface area contributed by atoms with Crippen LogP contribution in [0.25, 0.3) is 43.1 Å². The smallest absolute Gasteiger partial charge is 0.339 e. The molecule has 4 nitrogen and oxygen atoms in total. The third kappa shape index (κ3) is 2.98. The molecule has 1 unspecified atom stereocenters. The van der Waals surface area contributed by atoms with E-state index in [4.69, 9.17) is 9.47 Å². The van der Waals surface area contributed by atoms with Gasteiger partial charge < -0.3 is 9.47 Å². The van der Waals surface area contributed by atoms with Gasteiger partial charge in [-0.3, -0.25) is 0 Å². The summed E-state index contributed by atoms with van der Waals surface area (Å²) in [6.07, 6.45) is 0.634. The normalized spacial score (nSPS) is 12.6. The van der Waals surface area contributed by atoms with Gasteiger partial charge in [0.2, 0.25) is 0 Å². The lowest BCUT2D eigenvalue weighted by Gasteiger charge is -2.18. The van der Waals surface area contributed by atoms with E-state index in [1.165, 1.54) is 0 Å². The molecule has 5 rings (SSSR count). The average molecular weight is 424 g/mol.